The molecule has 1 heterocycles. The molecule has 106 valence electrons. The number of rotatable bonds is 3. The Morgan fingerprint density at radius 2 is 1.90 bits per heavy atom. The molecule has 0 saturated carbocycles. The van der Waals surface area contributed by atoms with Gasteiger partial charge in [-0.05, 0) is 36.4 Å². The van der Waals surface area contributed by atoms with Crippen molar-refractivity contribution in [3.63, 3.8) is 0 Å². The molecular formula is C16H16N4O. The zero-order valence-electron chi connectivity index (χ0n) is 11.7. The molecule has 0 spiro atoms. The van der Waals surface area contributed by atoms with E-state index in [1.807, 2.05) is 55.6 Å². The topological polar surface area (TPSA) is 72.9 Å². The minimum atomic E-state index is -0.203. The molecule has 5 heteroatoms. The lowest BCUT2D eigenvalue weighted by Crippen LogP contribution is -2.21. The van der Waals surface area contributed by atoms with Gasteiger partial charge in [0.2, 0.25) is 5.91 Å². The number of nitrogens with one attached hydrogen (secondary N) is 1. The maximum atomic E-state index is 11.3. The molecule has 0 fully saturated rings. The third-order valence-electron chi connectivity index (χ3n) is 3.40. The van der Waals surface area contributed by atoms with E-state index in [1.165, 1.54) is 0 Å². The molecule has 0 aliphatic carbocycles. The van der Waals surface area contributed by atoms with E-state index in [-0.39, 0.29) is 12.5 Å². The lowest BCUT2D eigenvalue weighted by atomic mass is 10.2. The van der Waals surface area contributed by atoms with Gasteiger partial charge in [-0.25, -0.2) is 4.98 Å². The zero-order valence-corrected chi connectivity index (χ0v) is 11.7. The summed E-state index contributed by atoms with van der Waals surface area (Å²) in [6, 6.07) is 15.6. The van der Waals surface area contributed by atoms with E-state index in [1.54, 1.807) is 0 Å². The van der Waals surface area contributed by atoms with Crippen molar-refractivity contribution in [3.8, 4) is 11.4 Å². The van der Waals surface area contributed by atoms with Crippen molar-refractivity contribution < 1.29 is 4.79 Å². The second-order valence-corrected chi connectivity index (χ2v) is 4.81. The molecule has 0 saturated heterocycles. The van der Waals surface area contributed by atoms with Gasteiger partial charge in [0.05, 0.1) is 17.6 Å². The molecule has 0 bridgehead atoms. The van der Waals surface area contributed by atoms with Gasteiger partial charge in [0, 0.05) is 18.3 Å². The molecule has 2 aromatic carbocycles. The fourth-order valence-electron chi connectivity index (χ4n) is 2.32. The van der Waals surface area contributed by atoms with Crippen LogP contribution in [0.25, 0.3) is 22.4 Å². The predicted octanol–water partition coefficient (Wildman–Crippen LogP) is 2.14. The Balaban J connectivity index is 1.95. The molecule has 3 N–H and O–H groups in total. The molecule has 0 unspecified atom stereocenters. The molecule has 3 rings (SSSR count). The number of fused-ring (bicyclic) bond motifs is 1. The van der Waals surface area contributed by atoms with Crippen LogP contribution in [-0.2, 0) is 11.8 Å². The number of hydrogen-bond acceptors (Lipinski definition) is 3. The van der Waals surface area contributed by atoms with Gasteiger partial charge in [-0.1, -0.05) is 12.1 Å². The fourth-order valence-corrected chi connectivity index (χ4v) is 2.32. The molecule has 5 nitrogen and oxygen atoms in total. The van der Waals surface area contributed by atoms with Crippen LogP contribution in [0.15, 0.2) is 48.5 Å². The molecule has 3 aromatic rings. The van der Waals surface area contributed by atoms with Crippen molar-refractivity contribution in [1.82, 2.24) is 9.55 Å². The molecule has 1 amide bonds. The molecule has 0 radical (unpaired) electrons. The van der Waals surface area contributed by atoms with E-state index in [0.29, 0.717) is 0 Å². The molecule has 0 aliphatic heterocycles. The van der Waals surface area contributed by atoms with Crippen LogP contribution in [0.3, 0.4) is 0 Å². The minimum absolute atomic E-state index is 0.0213. The van der Waals surface area contributed by atoms with Crippen molar-refractivity contribution in [2.75, 3.05) is 11.9 Å². The third-order valence-corrected chi connectivity index (χ3v) is 3.40. The molecule has 0 aliphatic rings. The summed E-state index contributed by atoms with van der Waals surface area (Å²) in [7, 11) is 1.99. The average Bonchev–Trinajstić information content (AvgIpc) is 2.85. The quantitative estimate of drug-likeness (QED) is 0.772. The van der Waals surface area contributed by atoms with Gasteiger partial charge in [0.1, 0.15) is 5.82 Å². The standard InChI is InChI=1S/C16H16N4O/c1-20-14-5-3-2-4-13(14)19-16(20)11-6-8-12(9-7-11)18-15(21)10-17/h2-9H,10,17H2,1H3,(H,18,21). The van der Waals surface area contributed by atoms with Crippen molar-refractivity contribution >= 4 is 22.6 Å². The number of carbonyl (C=O) groups is 1. The average molecular weight is 280 g/mol. The number of aryl methyl sites for hydroxylation is 1. The molecular weight excluding hydrogens is 264 g/mol. The number of para-hydroxylation sites is 2. The smallest absolute Gasteiger partial charge is 0.238 e. The Morgan fingerprint density at radius 1 is 1.19 bits per heavy atom. The fraction of sp³-hybridized carbons (Fsp3) is 0.125. The van der Waals surface area contributed by atoms with E-state index < -0.39 is 0 Å². The minimum Gasteiger partial charge on any atom is -0.327 e. The molecule has 21 heavy (non-hydrogen) atoms. The Kier molecular flexibility index (Phi) is 3.41. The van der Waals surface area contributed by atoms with Gasteiger partial charge in [0.15, 0.2) is 0 Å². The number of hydrogen-bond donors (Lipinski definition) is 2. The van der Waals surface area contributed by atoms with Crippen LogP contribution < -0.4 is 11.1 Å². The summed E-state index contributed by atoms with van der Waals surface area (Å²) < 4.78 is 2.06. The first-order valence-electron chi connectivity index (χ1n) is 6.71. The number of carbonyl (C=O) groups excluding carboxylic acids is 1. The van der Waals surface area contributed by atoms with E-state index in [4.69, 9.17) is 5.73 Å². The third kappa shape index (κ3) is 2.51. The highest BCUT2D eigenvalue weighted by molar-refractivity contribution is 5.92. The maximum Gasteiger partial charge on any atom is 0.238 e. The lowest BCUT2D eigenvalue weighted by Gasteiger charge is -2.06. The van der Waals surface area contributed by atoms with E-state index in [2.05, 4.69) is 14.9 Å². The first kappa shape index (κ1) is 13.3. The number of nitrogens with zero attached hydrogens (tertiary/aromatic N) is 2. The first-order chi connectivity index (χ1) is 10.2. The van der Waals surface area contributed by atoms with Gasteiger partial charge < -0.3 is 15.6 Å². The second-order valence-electron chi connectivity index (χ2n) is 4.81. The highest BCUT2D eigenvalue weighted by atomic mass is 16.1. The number of nitrogens with two attached hydrogens (primary N) is 1. The number of aromatic nitrogens is 2. The Labute approximate surface area is 122 Å². The van der Waals surface area contributed by atoms with Crippen LogP contribution >= 0.6 is 0 Å². The zero-order chi connectivity index (χ0) is 14.8. The first-order valence-corrected chi connectivity index (χ1v) is 6.71. The molecule has 1 aromatic heterocycles. The Bertz CT molecular complexity index is 790. The van der Waals surface area contributed by atoms with Gasteiger partial charge in [-0.3, -0.25) is 4.79 Å². The van der Waals surface area contributed by atoms with E-state index >= 15 is 0 Å². The van der Waals surface area contributed by atoms with Gasteiger partial charge in [0.25, 0.3) is 0 Å². The maximum absolute atomic E-state index is 11.3. The summed E-state index contributed by atoms with van der Waals surface area (Å²) in [4.78, 5) is 15.9. The van der Waals surface area contributed by atoms with Crippen molar-refractivity contribution in [3.05, 3.63) is 48.5 Å². The number of anilines is 1. The highest BCUT2D eigenvalue weighted by Crippen LogP contribution is 2.24. The lowest BCUT2D eigenvalue weighted by molar-refractivity contribution is -0.114. The number of benzene rings is 2. The van der Waals surface area contributed by atoms with Gasteiger partial charge >= 0.3 is 0 Å². The van der Waals surface area contributed by atoms with Crippen LogP contribution in [-0.4, -0.2) is 22.0 Å². The van der Waals surface area contributed by atoms with Crippen LogP contribution in [0.4, 0.5) is 5.69 Å². The van der Waals surface area contributed by atoms with Gasteiger partial charge in [-0.2, -0.15) is 0 Å². The molecule has 0 atom stereocenters. The Hall–Kier alpha value is -2.66. The summed E-state index contributed by atoms with van der Waals surface area (Å²) in [5.74, 6) is 0.693. The summed E-state index contributed by atoms with van der Waals surface area (Å²) in [6.07, 6.45) is 0. The summed E-state index contributed by atoms with van der Waals surface area (Å²) in [5.41, 5.74) is 9.07. The summed E-state index contributed by atoms with van der Waals surface area (Å²) in [6.45, 7) is -0.0213. The van der Waals surface area contributed by atoms with Crippen molar-refractivity contribution in [2.45, 2.75) is 0 Å². The SMILES string of the molecule is Cn1c(-c2ccc(NC(=O)CN)cc2)nc2ccccc21. The summed E-state index contributed by atoms with van der Waals surface area (Å²) >= 11 is 0. The predicted molar refractivity (Wildman–Crippen MR) is 83.8 cm³/mol. The van der Waals surface area contributed by atoms with Crippen LogP contribution in [0.5, 0.6) is 0 Å². The van der Waals surface area contributed by atoms with Crippen LogP contribution in [0.1, 0.15) is 0 Å². The van der Waals surface area contributed by atoms with E-state index in [9.17, 15) is 4.79 Å². The van der Waals surface area contributed by atoms with Crippen molar-refractivity contribution in [1.29, 1.82) is 0 Å². The number of amides is 1. The summed E-state index contributed by atoms with van der Waals surface area (Å²) in [5, 5.41) is 2.72. The monoisotopic (exact) mass is 280 g/mol. The van der Waals surface area contributed by atoms with Crippen LogP contribution in [0, 0.1) is 0 Å². The van der Waals surface area contributed by atoms with Crippen LogP contribution in [0.2, 0.25) is 0 Å². The highest BCUT2D eigenvalue weighted by Gasteiger charge is 2.09. The van der Waals surface area contributed by atoms with Gasteiger partial charge in [-0.15, -0.1) is 0 Å². The van der Waals surface area contributed by atoms with Crippen molar-refractivity contribution in [2.24, 2.45) is 12.8 Å². The second kappa shape index (κ2) is 5.38. The Morgan fingerprint density at radius 3 is 2.57 bits per heavy atom. The van der Waals surface area contributed by atoms with E-state index in [0.717, 1.165) is 28.1 Å². The largest absolute Gasteiger partial charge is 0.327 e. The number of imidazole rings is 1. The normalized spacial score (nSPS) is 10.8.